The molecule has 2 rings (SSSR count). The Labute approximate surface area is 103 Å². The van der Waals surface area contributed by atoms with E-state index in [1.807, 2.05) is 0 Å². The quantitative estimate of drug-likeness (QED) is 0.879. The van der Waals surface area contributed by atoms with Crippen LogP contribution in [-0.2, 0) is 0 Å². The summed E-state index contributed by atoms with van der Waals surface area (Å²) < 4.78 is 18.4. The number of carboxylic acid groups (broad SMARTS) is 1. The molecule has 2 N–H and O–H groups in total. The zero-order chi connectivity index (χ0) is 13.3. The van der Waals surface area contributed by atoms with E-state index >= 15 is 0 Å². The topological polar surface area (TPSA) is 62.3 Å². The first-order chi connectivity index (χ1) is 8.52. The van der Waals surface area contributed by atoms with Crippen LogP contribution in [0.1, 0.15) is 16.1 Å². The van der Waals surface area contributed by atoms with Crippen LogP contribution in [0.5, 0.6) is 5.75 Å². The molecule has 0 aliphatic carbocycles. The standard InChI is InChI=1S/C13H12FNO3/c1-7-9(13(16)17)6-11(15-7)8-3-4-12(18-2)10(14)5-8/h3-6,15H,1-2H3,(H,16,17). The number of carboxylic acids is 1. The average Bonchev–Trinajstić information content (AvgIpc) is 2.71. The van der Waals surface area contributed by atoms with E-state index in [1.165, 1.54) is 25.3 Å². The van der Waals surface area contributed by atoms with Crippen molar-refractivity contribution in [2.75, 3.05) is 7.11 Å². The van der Waals surface area contributed by atoms with Crippen molar-refractivity contribution < 1.29 is 19.0 Å². The molecule has 0 aliphatic rings. The van der Waals surface area contributed by atoms with Crippen LogP contribution >= 0.6 is 0 Å². The van der Waals surface area contributed by atoms with E-state index in [0.717, 1.165) is 0 Å². The van der Waals surface area contributed by atoms with Gasteiger partial charge in [-0.15, -0.1) is 0 Å². The Hall–Kier alpha value is -2.30. The Balaban J connectivity index is 2.46. The van der Waals surface area contributed by atoms with Crippen molar-refractivity contribution in [3.63, 3.8) is 0 Å². The molecule has 5 heteroatoms. The molecule has 0 spiro atoms. The number of ether oxygens (including phenoxy) is 1. The Morgan fingerprint density at radius 2 is 2.11 bits per heavy atom. The number of methoxy groups -OCH3 is 1. The van der Waals surface area contributed by atoms with E-state index < -0.39 is 11.8 Å². The number of aromatic nitrogens is 1. The largest absolute Gasteiger partial charge is 0.494 e. The smallest absolute Gasteiger partial charge is 0.337 e. The van der Waals surface area contributed by atoms with Crippen molar-refractivity contribution in [1.82, 2.24) is 4.98 Å². The molecular weight excluding hydrogens is 237 g/mol. The van der Waals surface area contributed by atoms with Gasteiger partial charge in [0, 0.05) is 17.0 Å². The summed E-state index contributed by atoms with van der Waals surface area (Å²) in [4.78, 5) is 13.8. The monoisotopic (exact) mass is 249 g/mol. The van der Waals surface area contributed by atoms with Gasteiger partial charge in [0.15, 0.2) is 11.6 Å². The van der Waals surface area contributed by atoms with Crippen LogP contribution in [0.25, 0.3) is 11.3 Å². The van der Waals surface area contributed by atoms with Crippen LogP contribution in [0.15, 0.2) is 24.3 Å². The van der Waals surface area contributed by atoms with Crippen LogP contribution in [0.4, 0.5) is 4.39 Å². The zero-order valence-electron chi connectivity index (χ0n) is 9.95. The number of aromatic carboxylic acids is 1. The Morgan fingerprint density at radius 1 is 1.39 bits per heavy atom. The molecular formula is C13H12FNO3. The SMILES string of the molecule is COc1ccc(-c2cc(C(=O)O)c(C)[nH]2)cc1F. The molecule has 18 heavy (non-hydrogen) atoms. The number of benzene rings is 1. The summed E-state index contributed by atoms with van der Waals surface area (Å²) in [5, 5.41) is 8.95. The highest BCUT2D eigenvalue weighted by Gasteiger charge is 2.13. The van der Waals surface area contributed by atoms with Gasteiger partial charge in [0.2, 0.25) is 0 Å². The fourth-order valence-electron chi connectivity index (χ4n) is 1.77. The summed E-state index contributed by atoms with van der Waals surface area (Å²) >= 11 is 0. The van der Waals surface area contributed by atoms with Gasteiger partial charge in [0.1, 0.15) is 0 Å². The second-order valence-corrected chi connectivity index (χ2v) is 3.88. The summed E-state index contributed by atoms with van der Waals surface area (Å²) in [6.07, 6.45) is 0. The van der Waals surface area contributed by atoms with Gasteiger partial charge in [0.25, 0.3) is 0 Å². The first-order valence-electron chi connectivity index (χ1n) is 5.29. The third kappa shape index (κ3) is 2.07. The molecule has 1 aromatic carbocycles. The second kappa shape index (κ2) is 4.52. The van der Waals surface area contributed by atoms with E-state index in [4.69, 9.17) is 9.84 Å². The lowest BCUT2D eigenvalue weighted by Gasteiger charge is -2.03. The number of hydrogen-bond acceptors (Lipinski definition) is 2. The molecule has 0 unspecified atom stereocenters. The van der Waals surface area contributed by atoms with Gasteiger partial charge in [-0.25, -0.2) is 9.18 Å². The minimum atomic E-state index is -1.01. The third-order valence-corrected chi connectivity index (χ3v) is 2.71. The zero-order valence-corrected chi connectivity index (χ0v) is 9.95. The normalized spacial score (nSPS) is 10.4. The summed E-state index contributed by atoms with van der Waals surface area (Å²) in [6, 6.07) is 5.95. The molecule has 0 radical (unpaired) electrons. The second-order valence-electron chi connectivity index (χ2n) is 3.88. The lowest BCUT2D eigenvalue weighted by atomic mass is 10.1. The number of hydrogen-bond donors (Lipinski definition) is 2. The minimum absolute atomic E-state index is 0.153. The molecule has 1 aromatic heterocycles. The molecule has 1 heterocycles. The molecule has 2 aromatic rings. The number of aromatic amines is 1. The first kappa shape index (κ1) is 12.2. The van der Waals surface area contributed by atoms with Crippen LogP contribution in [0.2, 0.25) is 0 Å². The molecule has 0 bridgehead atoms. The summed E-state index contributed by atoms with van der Waals surface area (Å²) in [7, 11) is 1.39. The van der Waals surface area contributed by atoms with Gasteiger partial charge in [-0.1, -0.05) is 0 Å². The van der Waals surface area contributed by atoms with Crippen molar-refractivity contribution in [2.24, 2.45) is 0 Å². The number of halogens is 1. The molecule has 4 nitrogen and oxygen atoms in total. The van der Waals surface area contributed by atoms with E-state index in [0.29, 0.717) is 17.0 Å². The molecule has 0 aliphatic heterocycles. The Kier molecular flexibility index (Phi) is 3.06. The maximum Gasteiger partial charge on any atom is 0.337 e. The van der Waals surface area contributed by atoms with Crippen LogP contribution in [0.3, 0.4) is 0 Å². The number of H-pyrrole nitrogens is 1. The van der Waals surface area contributed by atoms with Crippen molar-refractivity contribution in [3.05, 3.63) is 41.3 Å². The maximum atomic E-state index is 13.5. The first-order valence-corrected chi connectivity index (χ1v) is 5.29. The van der Waals surface area contributed by atoms with Crippen LogP contribution in [-0.4, -0.2) is 23.2 Å². The summed E-state index contributed by atoms with van der Waals surface area (Å²) in [6.45, 7) is 1.66. The lowest BCUT2D eigenvalue weighted by molar-refractivity contribution is 0.0696. The average molecular weight is 249 g/mol. The Bertz CT molecular complexity index is 604. The predicted octanol–water partition coefficient (Wildman–Crippen LogP) is 2.84. The molecule has 0 fully saturated rings. The van der Waals surface area contributed by atoms with Gasteiger partial charge in [-0.3, -0.25) is 0 Å². The fourth-order valence-corrected chi connectivity index (χ4v) is 1.77. The Morgan fingerprint density at radius 3 is 2.61 bits per heavy atom. The minimum Gasteiger partial charge on any atom is -0.494 e. The van der Waals surface area contributed by atoms with Gasteiger partial charge >= 0.3 is 5.97 Å². The van der Waals surface area contributed by atoms with Crippen molar-refractivity contribution >= 4 is 5.97 Å². The van der Waals surface area contributed by atoms with Crippen molar-refractivity contribution in [2.45, 2.75) is 6.92 Å². The molecule has 0 saturated heterocycles. The highest BCUT2D eigenvalue weighted by molar-refractivity contribution is 5.90. The maximum absolute atomic E-state index is 13.5. The van der Waals surface area contributed by atoms with Gasteiger partial charge in [-0.05, 0) is 31.2 Å². The van der Waals surface area contributed by atoms with E-state index in [9.17, 15) is 9.18 Å². The molecule has 94 valence electrons. The lowest BCUT2D eigenvalue weighted by Crippen LogP contribution is -1.95. The number of aryl methyl sites for hydroxylation is 1. The van der Waals surface area contributed by atoms with Crippen molar-refractivity contribution in [1.29, 1.82) is 0 Å². The van der Waals surface area contributed by atoms with Gasteiger partial charge in [0.05, 0.1) is 12.7 Å². The summed E-state index contributed by atoms with van der Waals surface area (Å²) in [5.74, 6) is -1.34. The van der Waals surface area contributed by atoms with Gasteiger partial charge < -0.3 is 14.8 Å². The van der Waals surface area contributed by atoms with Crippen molar-refractivity contribution in [3.8, 4) is 17.0 Å². The third-order valence-electron chi connectivity index (χ3n) is 2.71. The molecule has 0 amide bonds. The van der Waals surface area contributed by atoms with Gasteiger partial charge in [-0.2, -0.15) is 0 Å². The highest BCUT2D eigenvalue weighted by atomic mass is 19.1. The predicted molar refractivity (Wildman–Crippen MR) is 64.4 cm³/mol. The summed E-state index contributed by atoms with van der Waals surface area (Å²) in [5.41, 5.74) is 1.85. The van der Waals surface area contributed by atoms with Crippen LogP contribution in [0, 0.1) is 12.7 Å². The molecule has 0 saturated carbocycles. The fraction of sp³-hybridized carbons (Fsp3) is 0.154. The highest BCUT2D eigenvalue weighted by Crippen LogP contribution is 2.26. The number of rotatable bonds is 3. The van der Waals surface area contributed by atoms with E-state index in [2.05, 4.69) is 4.98 Å². The number of carbonyl (C=O) groups is 1. The van der Waals surface area contributed by atoms with E-state index in [1.54, 1.807) is 13.0 Å². The number of nitrogens with one attached hydrogen (secondary N) is 1. The molecule has 0 atom stereocenters. The van der Waals surface area contributed by atoms with E-state index in [-0.39, 0.29) is 11.3 Å². The van der Waals surface area contributed by atoms with Crippen LogP contribution < -0.4 is 4.74 Å².